The highest BCUT2D eigenvalue weighted by molar-refractivity contribution is 7.08. The summed E-state index contributed by atoms with van der Waals surface area (Å²) in [6, 6.07) is 4.71. The summed E-state index contributed by atoms with van der Waals surface area (Å²) in [4.78, 5) is 25.7. The van der Waals surface area contributed by atoms with E-state index in [0.29, 0.717) is 17.3 Å². The van der Waals surface area contributed by atoms with Crippen LogP contribution in [0.4, 0.5) is 5.82 Å². The number of thiophene rings is 1. The molecule has 9 heteroatoms. The fourth-order valence-electron chi connectivity index (χ4n) is 2.92. The Bertz CT molecular complexity index is 949. The van der Waals surface area contributed by atoms with Gasteiger partial charge in [-0.25, -0.2) is 0 Å². The molecule has 25 heavy (non-hydrogen) atoms. The Morgan fingerprint density at radius 1 is 1.24 bits per heavy atom. The van der Waals surface area contributed by atoms with E-state index in [1.807, 2.05) is 30.7 Å². The van der Waals surface area contributed by atoms with Crippen LogP contribution in [-0.4, -0.2) is 48.6 Å². The molecular formula is C16H16N6O2S. The molecule has 3 aromatic heterocycles. The molecule has 0 aromatic carbocycles. The van der Waals surface area contributed by atoms with E-state index in [4.69, 9.17) is 0 Å². The standard InChI is InChI=1S/C16H16N6O2S/c1-9(2)21-14(23)7-11(16(21)24)17-12-3-4-13-18-19-15(22(13)20-12)10-5-6-25-8-10/h3-6,8-9,11H,7H2,1-2H3,(H,17,20). The van der Waals surface area contributed by atoms with Crippen molar-refractivity contribution in [1.82, 2.24) is 24.7 Å². The minimum Gasteiger partial charge on any atom is -0.357 e. The number of anilines is 1. The normalized spacial score (nSPS) is 17.9. The molecule has 4 rings (SSSR count). The average molecular weight is 356 g/mol. The first kappa shape index (κ1) is 15.7. The van der Waals surface area contributed by atoms with Crippen LogP contribution in [0.1, 0.15) is 20.3 Å². The van der Waals surface area contributed by atoms with Gasteiger partial charge in [-0.1, -0.05) is 0 Å². The molecule has 0 aliphatic carbocycles. The van der Waals surface area contributed by atoms with Crippen LogP contribution in [0.25, 0.3) is 17.0 Å². The highest BCUT2D eigenvalue weighted by Gasteiger charge is 2.40. The minimum absolute atomic E-state index is 0.135. The number of hydrogen-bond acceptors (Lipinski definition) is 7. The zero-order valence-electron chi connectivity index (χ0n) is 13.7. The summed E-state index contributed by atoms with van der Waals surface area (Å²) in [6.07, 6.45) is 0.135. The van der Waals surface area contributed by atoms with Crippen molar-refractivity contribution < 1.29 is 9.59 Å². The van der Waals surface area contributed by atoms with Gasteiger partial charge in [0.15, 0.2) is 11.5 Å². The summed E-state index contributed by atoms with van der Waals surface area (Å²) in [5.74, 6) is 0.753. The van der Waals surface area contributed by atoms with Gasteiger partial charge in [-0.15, -0.1) is 15.3 Å². The molecule has 0 bridgehead atoms. The summed E-state index contributed by atoms with van der Waals surface area (Å²) in [7, 11) is 0. The van der Waals surface area contributed by atoms with Crippen molar-refractivity contribution in [2.45, 2.75) is 32.4 Å². The van der Waals surface area contributed by atoms with E-state index in [1.54, 1.807) is 28.0 Å². The van der Waals surface area contributed by atoms with Gasteiger partial charge in [0, 0.05) is 17.0 Å². The molecule has 8 nitrogen and oxygen atoms in total. The quantitative estimate of drug-likeness (QED) is 0.717. The van der Waals surface area contributed by atoms with Gasteiger partial charge in [-0.3, -0.25) is 14.5 Å². The summed E-state index contributed by atoms with van der Waals surface area (Å²) >= 11 is 1.57. The summed E-state index contributed by atoms with van der Waals surface area (Å²) in [5.41, 5.74) is 1.55. The maximum Gasteiger partial charge on any atom is 0.252 e. The fourth-order valence-corrected chi connectivity index (χ4v) is 3.56. The molecule has 1 atom stereocenters. The lowest BCUT2D eigenvalue weighted by atomic mass is 10.2. The Balaban J connectivity index is 1.64. The van der Waals surface area contributed by atoms with Crippen molar-refractivity contribution in [2.24, 2.45) is 0 Å². The third-order valence-electron chi connectivity index (χ3n) is 4.06. The number of carbonyl (C=O) groups is 2. The van der Waals surface area contributed by atoms with Crippen molar-refractivity contribution in [3.8, 4) is 11.4 Å². The maximum absolute atomic E-state index is 12.4. The molecule has 1 fully saturated rings. The zero-order chi connectivity index (χ0) is 17.6. The molecule has 1 N–H and O–H groups in total. The molecule has 1 unspecified atom stereocenters. The first-order chi connectivity index (χ1) is 12.0. The van der Waals surface area contributed by atoms with Gasteiger partial charge in [0.1, 0.15) is 11.9 Å². The van der Waals surface area contributed by atoms with E-state index in [-0.39, 0.29) is 24.3 Å². The van der Waals surface area contributed by atoms with Gasteiger partial charge in [0.2, 0.25) is 5.91 Å². The first-order valence-electron chi connectivity index (χ1n) is 7.92. The number of aromatic nitrogens is 4. The summed E-state index contributed by atoms with van der Waals surface area (Å²) in [5, 5.41) is 19.8. The van der Waals surface area contributed by atoms with E-state index in [2.05, 4.69) is 20.6 Å². The van der Waals surface area contributed by atoms with Crippen molar-refractivity contribution in [1.29, 1.82) is 0 Å². The van der Waals surface area contributed by atoms with Crippen LogP contribution in [0.15, 0.2) is 29.0 Å². The van der Waals surface area contributed by atoms with Crippen LogP contribution in [0.2, 0.25) is 0 Å². The lowest BCUT2D eigenvalue weighted by Gasteiger charge is -2.19. The number of imide groups is 1. The monoisotopic (exact) mass is 356 g/mol. The third kappa shape index (κ3) is 2.66. The predicted octanol–water partition coefficient (Wildman–Crippen LogP) is 1.80. The van der Waals surface area contributed by atoms with Gasteiger partial charge < -0.3 is 5.32 Å². The average Bonchev–Trinajstić information content (AvgIpc) is 3.27. The molecule has 128 valence electrons. The number of nitrogens with one attached hydrogen (secondary N) is 1. The number of nitrogens with zero attached hydrogens (tertiary/aromatic N) is 5. The molecule has 2 amide bonds. The second kappa shape index (κ2) is 5.92. The van der Waals surface area contributed by atoms with E-state index in [1.165, 1.54) is 4.90 Å². The van der Waals surface area contributed by atoms with Crippen LogP contribution in [-0.2, 0) is 9.59 Å². The predicted molar refractivity (Wildman–Crippen MR) is 93.1 cm³/mol. The van der Waals surface area contributed by atoms with Crippen molar-refractivity contribution in [2.75, 3.05) is 5.32 Å². The number of carbonyl (C=O) groups excluding carboxylic acids is 2. The Labute approximate surface area is 147 Å². The van der Waals surface area contributed by atoms with Crippen molar-refractivity contribution >= 4 is 34.6 Å². The SMILES string of the molecule is CC(C)N1C(=O)CC(Nc2ccc3nnc(-c4ccsc4)n3n2)C1=O. The van der Waals surface area contributed by atoms with Crippen LogP contribution in [0, 0.1) is 0 Å². The van der Waals surface area contributed by atoms with Gasteiger partial charge >= 0.3 is 0 Å². The van der Waals surface area contributed by atoms with E-state index < -0.39 is 6.04 Å². The van der Waals surface area contributed by atoms with Crippen LogP contribution < -0.4 is 5.32 Å². The van der Waals surface area contributed by atoms with E-state index in [0.717, 1.165) is 5.56 Å². The smallest absolute Gasteiger partial charge is 0.252 e. The number of amides is 2. The van der Waals surface area contributed by atoms with Gasteiger partial charge in [-0.2, -0.15) is 15.9 Å². The molecular weight excluding hydrogens is 340 g/mol. The van der Waals surface area contributed by atoms with Crippen LogP contribution in [0.5, 0.6) is 0 Å². The molecule has 3 aromatic rings. The summed E-state index contributed by atoms with van der Waals surface area (Å²) < 4.78 is 1.63. The van der Waals surface area contributed by atoms with Gasteiger partial charge in [0.05, 0.1) is 6.42 Å². The first-order valence-corrected chi connectivity index (χ1v) is 8.86. The van der Waals surface area contributed by atoms with Gasteiger partial charge in [0.25, 0.3) is 5.91 Å². The topological polar surface area (TPSA) is 92.5 Å². The molecule has 0 spiro atoms. The Kier molecular flexibility index (Phi) is 3.72. The molecule has 0 saturated carbocycles. The summed E-state index contributed by atoms with van der Waals surface area (Å²) in [6.45, 7) is 3.65. The highest BCUT2D eigenvalue weighted by Crippen LogP contribution is 2.22. The minimum atomic E-state index is -0.596. The van der Waals surface area contributed by atoms with Gasteiger partial charge in [-0.05, 0) is 37.4 Å². The van der Waals surface area contributed by atoms with Crippen molar-refractivity contribution in [3.63, 3.8) is 0 Å². The zero-order valence-corrected chi connectivity index (χ0v) is 14.5. The number of likely N-dealkylation sites (tertiary alicyclic amines) is 1. The van der Waals surface area contributed by atoms with E-state index in [9.17, 15) is 9.59 Å². The third-order valence-corrected chi connectivity index (χ3v) is 4.75. The molecule has 1 aliphatic rings. The molecule has 1 aliphatic heterocycles. The maximum atomic E-state index is 12.4. The number of rotatable bonds is 4. The molecule has 0 radical (unpaired) electrons. The lowest BCUT2D eigenvalue weighted by molar-refractivity contribution is -0.140. The Hall–Kier alpha value is -2.81. The lowest BCUT2D eigenvalue weighted by Crippen LogP contribution is -2.39. The van der Waals surface area contributed by atoms with E-state index >= 15 is 0 Å². The second-order valence-corrected chi connectivity index (χ2v) is 6.90. The highest BCUT2D eigenvalue weighted by atomic mass is 32.1. The van der Waals surface area contributed by atoms with Crippen LogP contribution in [0.3, 0.4) is 0 Å². The fraction of sp³-hybridized carbons (Fsp3) is 0.312. The van der Waals surface area contributed by atoms with Crippen molar-refractivity contribution in [3.05, 3.63) is 29.0 Å². The molecule has 1 saturated heterocycles. The Morgan fingerprint density at radius 2 is 2.08 bits per heavy atom. The second-order valence-electron chi connectivity index (χ2n) is 6.12. The number of hydrogen-bond donors (Lipinski definition) is 1. The molecule has 4 heterocycles. The Morgan fingerprint density at radius 3 is 2.76 bits per heavy atom. The largest absolute Gasteiger partial charge is 0.357 e. The number of fused-ring (bicyclic) bond motifs is 1. The van der Waals surface area contributed by atoms with Crippen LogP contribution >= 0.6 is 11.3 Å².